The first-order valence-electron chi connectivity index (χ1n) is 8.08. The van der Waals surface area contributed by atoms with Crippen molar-refractivity contribution in [1.82, 2.24) is 0 Å². The highest BCUT2D eigenvalue weighted by Crippen LogP contribution is 2.29. The molecule has 0 aromatic carbocycles. The van der Waals surface area contributed by atoms with E-state index < -0.39 is 72.9 Å². The van der Waals surface area contributed by atoms with E-state index in [1.165, 1.54) is 0 Å². The maximum absolute atomic E-state index is 10.8. The maximum atomic E-state index is 10.8. The first-order valence-corrected chi connectivity index (χ1v) is 8.08. The van der Waals surface area contributed by atoms with E-state index in [2.05, 4.69) is 4.99 Å². The number of nitrogens with zero attached hydrogens (tertiary/aromatic N) is 1. The quantitative estimate of drug-likeness (QED) is 0.172. The molecule has 1 saturated carbocycles. The summed E-state index contributed by atoms with van der Waals surface area (Å²) < 4.78 is 11.0. The van der Waals surface area contributed by atoms with Crippen molar-refractivity contribution >= 4 is 11.8 Å². The molecule has 1 saturated heterocycles. The number of aliphatic carboxylic acids is 1. The third kappa shape index (κ3) is 4.13. The predicted octanol–water partition coefficient (Wildman–Crippen LogP) is -4.54. The van der Waals surface area contributed by atoms with Gasteiger partial charge in [-0.3, -0.25) is 4.99 Å². The highest BCUT2D eigenvalue weighted by molar-refractivity contribution is 6.33. The van der Waals surface area contributed by atoms with Gasteiger partial charge in [-0.1, -0.05) is 0 Å². The van der Waals surface area contributed by atoms with Crippen molar-refractivity contribution in [2.45, 2.75) is 74.4 Å². The molecule has 10 atom stereocenters. The molecular formula is C14H25N3O9. The van der Waals surface area contributed by atoms with Crippen LogP contribution in [0, 0.1) is 0 Å². The van der Waals surface area contributed by atoms with Crippen LogP contribution in [0.3, 0.4) is 0 Å². The number of aliphatic imine (C=N–C) groups is 1. The number of nitrogens with two attached hydrogens (primary N) is 2. The maximum Gasteiger partial charge on any atom is 0.370 e. The predicted molar refractivity (Wildman–Crippen MR) is 84.9 cm³/mol. The second-order valence-electron chi connectivity index (χ2n) is 6.55. The van der Waals surface area contributed by atoms with Crippen LogP contribution in [0.2, 0.25) is 0 Å². The Bertz CT molecular complexity index is 532. The van der Waals surface area contributed by atoms with Crippen LogP contribution >= 0.6 is 0 Å². The SMILES string of the molecule is C[C@@H]1O[C@H](OC2[C@@H](O)[C@H](O)C(O)[C@H](O)[C@H]2O)[C@@H](N)C[C@H]1N=C(N)C(=O)O. The molecular weight excluding hydrogens is 354 g/mol. The van der Waals surface area contributed by atoms with E-state index in [0.717, 1.165) is 0 Å². The topological polar surface area (TPSA) is 221 Å². The van der Waals surface area contributed by atoms with Gasteiger partial charge in [0.1, 0.15) is 36.6 Å². The lowest BCUT2D eigenvalue weighted by molar-refractivity contribution is -0.293. The van der Waals surface area contributed by atoms with Crippen molar-refractivity contribution in [3.8, 4) is 0 Å². The average molecular weight is 379 g/mol. The highest BCUT2D eigenvalue weighted by atomic mass is 16.7. The van der Waals surface area contributed by atoms with Gasteiger partial charge in [0.05, 0.1) is 18.2 Å². The molecule has 0 amide bonds. The molecule has 0 bridgehead atoms. The normalized spacial score (nSPS) is 47.6. The Morgan fingerprint density at radius 1 is 1.08 bits per heavy atom. The highest BCUT2D eigenvalue weighted by Gasteiger charge is 2.50. The molecule has 26 heavy (non-hydrogen) atoms. The summed E-state index contributed by atoms with van der Waals surface area (Å²) in [4.78, 5) is 14.6. The van der Waals surface area contributed by atoms with Gasteiger partial charge in [-0.2, -0.15) is 0 Å². The summed E-state index contributed by atoms with van der Waals surface area (Å²) in [7, 11) is 0. The Hall–Kier alpha value is -1.38. The largest absolute Gasteiger partial charge is 0.475 e. The Kier molecular flexibility index (Phi) is 6.52. The zero-order valence-corrected chi connectivity index (χ0v) is 14.0. The molecule has 12 heteroatoms. The third-order valence-corrected chi connectivity index (χ3v) is 4.64. The van der Waals surface area contributed by atoms with Crippen molar-refractivity contribution < 1.29 is 44.9 Å². The monoisotopic (exact) mass is 379 g/mol. The molecule has 1 aliphatic heterocycles. The van der Waals surface area contributed by atoms with E-state index in [-0.39, 0.29) is 6.42 Å². The van der Waals surface area contributed by atoms with E-state index in [0.29, 0.717) is 0 Å². The van der Waals surface area contributed by atoms with Gasteiger partial charge >= 0.3 is 5.97 Å². The van der Waals surface area contributed by atoms with Crippen molar-refractivity contribution in [1.29, 1.82) is 0 Å². The number of carboxylic acids is 1. The summed E-state index contributed by atoms with van der Waals surface area (Å²) in [5, 5.41) is 57.8. The average Bonchev–Trinajstić information content (AvgIpc) is 2.58. The molecule has 0 radical (unpaired) electrons. The van der Waals surface area contributed by atoms with Crippen LogP contribution in [0.4, 0.5) is 0 Å². The zero-order chi connectivity index (χ0) is 19.8. The van der Waals surface area contributed by atoms with Crippen molar-refractivity contribution in [2.75, 3.05) is 0 Å². The molecule has 1 aliphatic carbocycles. The third-order valence-electron chi connectivity index (χ3n) is 4.64. The first kappa shape index (κ1) is 20.9. The van der Waals surface area contributed by atoms with Gasteiger partial charge in [0.25, 0.3) is 0 Å². The number of carboxylic acid groups (broad SMARTS) is 1. The first-order chi connectivity index (χ1) is 12.0. The Morgan fingerprint density at radius 3 is 2.08 bits per heavy atom. The number of carbonyl (C=O) groups is 1. The summed E-state index contributed by atoms with van der Waals surface area (Å²) in [5.41, 5.74) is 11.2. The Labute approximate surface area is 148 Å². The number of amidine groups is 1. The van der Waals surface area contributed by atoms with Crippen molar-refractivity contribution in [3.05, 3.63) is 0 Å². The fourth-order valence-electron chi connectivity index (χ4n) is 3.02. The van der Waals surface area contributed by atoms with Gasteiger partial charge in [-0.15, -0.1) is 0 Å². The van der Waals surface area contributed by atoms with Crippen molar-refractivity contribution in [2.24, 2.45) is 16.5 Å². The fraction of sp³-hybridized carbons (Fsp3) is 0.857. The van der Waals surface area contributed by atoms with Crippen LogP contribution in [-0.4, -0.2) is 104 Å². The molecule has 0 spiro atoms. The Balaban J connectivity index is 2.07. The van der Waals surface area contributed by atoms with Crippen LogP contribution in [-0.2, 0) is 14.3 Å². The zero-order valence-electron chi connectivity index (χ0n) is 14.0. The standard InChI is InChI=1S/C14H25N3O9/c1-3-5(17-12(16)13(23)24)2-4(15)14(25-3)26-11-9(21)7(19)6(18)8(20)10(11)22/h3-11,14,18-22H,2,15H2,1H3,(H2,16,17)(H,23,24)/t3-,4-,5+,6?,7-,8+,9+,10-,11?,14+/m0/s1. The summed E-state index contributed by atoms with van der Waals surface area (Å²) in [6.45, 7) is 1.59. The number of hydrogen-bond donors (Lipinski definition) is 8. The van der Waals surface area contributed by atoms with Crippen LogP contribution in [0.15, 0.2) is 4.99 Å². The summed E-state index contributed by atoms with van der Waals surface area (Å²) in [6.07, 6.45) is -11.7. The smallest absolute Gasteiger partial charge is 0.370 e. The van der Waals surface area contributed by atoms with E-state index >= 15 is 0 Å². The molecule has 150 valence electrons. The lowest BCUT2D eigenvalue weighted by Crippen LogP contribution is -2.66. The number of hydrogen-bond acceptors (Lipinski definition) is 10. The molecule has 2 fully saturated rings. The molecule has 2 rings (SSSR count). The molecule has 12 nitrogen and oxygen atoms in total. The fourth-order valence-corrected chi connectivity index (χ4v) is 3.02. The van der Waals surface area contributed by atoms with Crippen LogP contribution in [0.1, 0.15) is 13.3 Å². The number of ether oxygens (including phenoxy) is 2. The minimum Gasteiger partial charge on any atom is -0.475 e. The van der Waals surface area contributed by atoms with E-state index in [9.17, 15) is 30.3 Å². The van der Waals surface area contributed by atoms with Gasteiger partial charge in [-0.05, 0) is 13.3 Å². The number of rotatable bonds is 3. The Morgan fingerprint density at radius 2 is 1.58 bits per heavy atom. The van der Waals surface area contributed by atoms with Crippen LogP contribution in [0.5, 0.6) is 0 Å². The molecule has 0 aromatic rings. The van der Waals surface area contributed by atoms with Gasteiger partial charge in [-0.25, -0.2) is 4.79 Å². The van der Waals surface area contributed by atoms with E-state index in [1.54, 1.807) is 6.92 Å². The van der Waals surface area contributed by atoms with Gasteiger partial charge < -0.3 is 51.6 Å². The summed E-state index contributed by atoms with van der Waals surface area (Å²) in [6, 6.07) is -1.46. The summed E-state index contributed by atoms with van der Waals surface area (Å²) in [5.74, 6) is -1.96. The molecule has 0 aromatic heterocycles. The number of aliphatic hydroxyl groups is 5. The van der Waals surface area contributed by atoms with Gasteiger partial charge in [0.15, 0.2) is 6.29 Å². The molecule has 1 heterocycles. The van der Waals surface area contributed by atoms with Crippen LogP contribution in [0.25, 0.3) is 0 Å². The minimum absolute atomic E-state index is 0.145. The number of aliphatic hydroxyl groups excluding tert-OH is 5. The second kappa shape index (κ2) is 8.10. The molecule has 10 N–H and O–H groups in total. The molecule has 2 unspecified atom stereocenters. The van der Waals surface area contributed by atoms with E-state index in [1.807, 2.05) is 0 Å². The van der Waals surface area contributed by atoms with Crippen molar-refractivity contribution in [3.63, 3.8) is 0 Å². The van der Waals surface area contributed by atoms with Gasteiger partial charge in [0, 0.05) is 0 Å². The second-order valence-corrected chi connectivity index (χ2v) is 6.55. The minimum atomic E-state index is -1.74. The summed E-state index contributed by atoms with van der Waals surface area (Å²) >= 11 is 0. The van der Waals surface area contributed by atoms with Crippen LogP contribution < -0.4 is 11.5 Å². The van der Waals surface area contributed by atoms with Gasteiger partial charge in [0.2, 0.25) is 5.84 Å². The van der Waals surface area contributed by atoms with E-state index in [4.69, 9.17) is 26.0 Å². The lowest BCUT2D eigenvalue weighted by Gasteiger charge is -2.45. The lowest BCUT2D eigenvalue weighted by atomic mass is 9.84. The molecule has 2 aliphatic rings.